The summed E-state index contributed by atoms with van der Waals surface area (Å²) in [5.74, 6) is 0. The fourth-order valence-corrected chi connectivity index (χ4v) is 5.18. The van der Waals surface area contributed by atoms with Crippen LogP contribution in [0.2, 0.25) is 0 Å². The Morgan fingerprint density at radius 3 is 2.95 bits per heavy atom. The van der Waals surface area contributed by atoms with E-state index in [-0.39, 0.29) is 6.10 Å². The van der Waals surface area contributed by atoms with E-state index in [1.165, 1.54) is 11.3 Å². The molecule has 1 fully saturated rings. The zero-order chi connectivity index (χ0) is 14.6. The second kappa shape index (κ2) is 7.00. The van der Waals surface area contributed by atoms with Crippen LogP contribution in [-0.4, -0.2) is 38.5 Å². The highest BCUT2D eigenvalue weighted by molar-refractivity contribution is 7.91. The smallest absolute Gasteiger partial charge is 0.252 e. The molecule has 0 radical (unpaired) electrons. The summed E-state index contributed by atoms with van der Waals surface area (Å²) in [7, 11) is -3.39. The predicted molar refractivity (Wildman–Crippen MR) is 80.2 cm³/mol. The molecule has 0 saturated carbocycles. The van der Waals surface area contributed by atoms with Crippen LogP contribution in [0.4, 0.5) is 0 Å². The SMILES string of the molecule is CCCOC1CCCN(S(=O)(=O)c2ccc(CN)s2)C1. The topological polar surface area (TPSA) is 72.6 Å². The molecule has 0 bridgehead atoms. The minimum absolute atomic E-state index is 0.0208. The van der Waals surface area contributed by atoms with Gasteiger partial charge in [-0.25, -0.2) is 8.42 Å². The quantitative estimate of drug-likeness (QED) is 0.868. The van der Waals surface area contributed by atoms with Gasteiger partial charge in [0.15, 0.2) is 0 Å². The summed E-state index contributed by atoms with van der Waals surface area (Å²) in [6, 6.07) is 3.44. The largest absolute Gasteiger partial charge is 0.377 e. The standard InChI is InChI=1S/C13H22N2O3S2/c1-2-8-18-11-4-3-7-15(10-11)20(16,17)13-6-5-12(9-14)19-13/h5-6,11H,2-4,7-10,14H2,1H3. The zero-order valence-corrected chi connectivity index (χ0v) is 13.4. The average molecular weight is 318 g/mol. The molecular formula is C13H22N2O3S2. The minimum Gasteiger partial charge on any atom is -0.377 e. The van der Waals surface area contributed by atoms with Gasteiger partial charge in [-0.05, 0) is 31.4 Å². The molecule has 1 aromatic heterocycles. The summed E-state index contributed by atoms with van der Waals surface area (Å²) in [4.78, 5) is 0.888. The van der Waals surface area contributed by atoms with Crippen molar-refractivity contribution < 1.29 is 13.2 Å². The maximum atomic E-state index is 12.6. The van der Waals surface area contributed by atoms with Crippen molar-refractivity contribution in [2.75, 3.05) is 19.7 Å². The lowest BCUT2D eigenvalue weighted by molar-refractivity contribution is 0.0194. The molecule has 0 amide bonds. The van der Waals surface area contributed by atoms with Crippen LogP contribution in [-0.2, 0) is 21.3 Å². The van der Waals surface area contributed by atoms with Crippen molar-refractivity contribution in [3.05, 3.63) is 17.0 Å². The average Bonchev–Trinajstić information content (AvgIpc) is 2.95. The van der Waals surface area contributed by atoms with E-state index in [2.05, 4.69) is 6.92 Å². The molecule has 20 heavy (non-hydrogen) atoms. The van der Waals surface area contributed by atoms with Gasteiger partial charge in [0.1, 0.15) is 4.21 Å². The Hall–Kier alpha value is -0.470. The van der Waals surface area contributed by atoms with E-state index < -0.39 is 10.0 Å². The van der Waals surface area contributed by atoms with Crippen molar-refractivity contribution in [3.8, 4) is 0 Å². The van der Waals surface area contributed by atoms with Crippen molar-refractivity contribution in [1.29, 1.82) is 0 Å². The summed E-state index contributed by atoms with van der Waals surface area (Å²) in [6.45, 7) is 4.15. The first-order chi connectivity index (χ1) is 9.57. The highest BCUT2D eigenvalue weighted by Gasteiger charge is 2.31. The zero-order valence-electron chi connectivity index (χ0n) is 11.7. The molecule has 2 heterocycles. The van der Waals surface area contributed by atoms with Crippen molar-refractivity contribution in [2.24, 2.45) is 5.73 Å². The third-order valence-corrected chi connectivity index (χ3v) is 6.77. The van der Waals surface area contributed by atoms with E-state index in [0.29, 0.717) is 30.5 Å². The van der Waals surface area contributed by atoms with E-state index in [1.807, 2.05) is 0 Å². The monoisotopic (exact) mass is 318 g/mol. The van der Waals surface area contributed by atoms with Gasteiger partial charge in [-0.2, -0.15) is 4.31 Å². The Morgan fingerprint density at radius 1 is 1.50 bits per heavy atom. The molecule has 2 N–H and O–H groups in total. The summed E-state index contributed by atoms with van der Waals surface area (Å²) in [5, 5.41) is 0. The maximum Gasteiger partial charge on any atom is 0.252 e. The Bertz CT molecular complexity index is 527. The van der Waals surface area contributed by atoms with E-state index in [4.69, 9.17) is 10.5 Å². The lowest BCUT2D eigenvalue weighted by Gasteiger charge is -2.31. The van der Waals surface area contributed by atoms with Crippen LogP contribution in [0.25, 0.3) is 0 Å². The molecule has 1 atom stereocenters. The Kier molecular flexibility index (Phi) is 5.57. The molecule has 1 saturated heterocycles. The first-order valence-electron chi connectivity index (χ1n) is 6.98. The molecule has 0 aliphatic carbocycles. The predicted octanol–water partition coefficient (Wildman–Crippen LogP) is 1.79. The van der Waals surface area contributed by atoms with Crippen LogP contribution in [0.15, 0.2) is 16.3 Å². The molecule has 1 aliphatic heterocycles. The molecule has 1 unspecified atom stereocenters. The van der Waals surface area contributed by atoms with Crippen LogP contribution in [0.1, 0.15) is 31.1 Å². The highest BCUT2D eigenvalue weighted by atomic mass is 32.2. The van der Waals surface area contributed by atoms with Gasteiger partial charge >= 0.3 is 0 Å². The van der Waals surface area contributed by atoms with E-state index in [9.17, 15) is 8.42 Å². The second-order valence-corrected chi connectivity index (χ2v) is 8.26. The lowest BCUT2D eigenvalue weighted by Crippen LogP contribution is -2.43. The third kappa shape index (κ3) is 3.59. The van der Waals surface area contributed by atoms with Gasteiger partial charge in [-0.1, -0.05) is 6.92 Å². The van der Waals surface area contributed by atoms with Gasteiger partial charge in [-0.3, -0.25) is 0 Å². The number of nitrogens with two attached hydrogens (primary N) is 1. The number of sulfonamides is 1. The molecule has 0 spiro atoms. The Labute approximate surface area is 124 Å². The van der Waals surface area contributed by atoms with Crippen molar-refractivity contribution in [3.63, 3.8) is 0 Å². The van der Waals surface area contributed by atoms with Crippen molar-refractivity contribution >= 4 is 21.4 Å². The van der Waals surface area contributed by atoms with Gasteiger partial charge in [-0.15, -0.1) is 11.3 Å². The summed E-state index contributed by atoms with van der Waals surface area (Å²) >= 11 is 1.26. The highest BCUT2D eigenvalue weighted by Crippen LogP contribution is 2.27. The van der Waals surface area contributed by atoms with Crippen molar-refractivity contribution in [1.82, 2.24) is 4.31 Å². The number of nitrogens with zero attached hydrogens (tertiary/aromatic N) is 1. The number of rotatable bonds is 6. The molecule has 1 aliphatic rings. The fraction of sp³-hybridized carbons (Fsp3) is 0.692. The normalized spacial score (nSPS) is 21.2. The lowest BCUT2D eigenvalue weighted by atomic mass is 10.1. The third-order valence-electron chi connectivity index (χ3n) is 3.33. The fourth-order valence-electron chi connectivity index (χ4n) is 2.28. The Morgan fingerprint density at radius 2 is 2.30 bits per heavy atom. The first-order valence-corrected chi connectivity index (χ1v) is 9.24. The van der Waals surface area contributed by atoms with Crippen LogP contribution in [0.3, 0.4) is 0 Å². The second-order valence-electron chi connectivity index (χ2n) is 4.92. The summed E-state index contributed by atoms with van der Waals surface area (Å²) < 4.78 is 32.8. The van der Waals surface area contributed by atoms with Crippen LogP contribution >= 0.6 is 11.3 Å². The molecule has 7 heteroatoms. The number of thiophene rings is 1. The number of piperidine rings is 1. The molecule has 114 valence electrons. The molecular weight excluding hydrogens is 296 g/mol. The Balaban J connectivity index is 2.08. The van der Waals surface area contributed by atoms with E-state index in [1.54, 1.807) is 16.4 Å². The molecule has 2 rings (SSSR count). The minimum atomic E-state index is -3.39. The first kappa shape index (κ1) is 15.9. The maximum absolute atomic E-state index is 12.6. The van der Waals surface area contributed by atoms with Gasteiger partial charge in [0.05, 0.1) is 6.10 Å². The van der Waals surface area contributed by atoms with Gasteiger partial charge < -0.3 is 10.5 Å². The number of hydrogen-bond donors (Lipinski definition) is 1. The van der Waals surface area contributed by atoms with Gasteiger partial charge in [0.25, 0.3) is 10.0 Å². The number of hydrogen-bond acceptors (Lipinski definition) is 5. The number of ether oxygens (including phenoxy) is 1. The molecule has 5 nitrogen and oxygen atoms in total. The molecule has 0 aromatic carbocycles. The van der Waals surface area contributed by atoms with Crippen molar-refractivity contribution in [2.45, 2.75) is 43.0 Å². The van der Waals surface area contributed by atoms with Crippen LogP contribution in [0.5, 0.6) is 0 Å². The van der Waals surface area contributed by atoms with Crippen LogP contribution < -0.4 is 5.73 Å². The summed E-state index contributed by atoms with van der Waals surface area (Å²) in [6.07, 6.45) is 2.76. The molecule has 1 aromatic rings. The van der Waals surface area contributed by atoms with Gasteiger partial charge in [0, 0.05) is 31.1 Å². The van der Waals surface area contributed by atoms with Crippen LogP contribution in [0, 0.1) is 0 Å². The summed E-state index contributed by atoms with van der Waals surface area (Å²) in [5.41, 5.74) is 5.54. The van der Waals surface area contributed by atoms with E-state index in [0.717, 1.165) is 24.1 Å². The van der Waals surface area contributed by atoms with E-state index >= 15 is 0 Å². The van der Waals surface area contributed by atoms with Gasteiger partial charge in [0.2, 0.25) is 0 Å².